The molecule has 0 bridgehead atoms. The summed E-state index contributed by atoms with van der Waals surface area (Å²) in [7, 11) is 0. The highest BCUT2D eigenvalue weighted by Gasteiger charge is 2.41. The van der Waals surface area contributed by atoms with Crippen molar-refractivity contribution in [3.05, 3.63) is 76.4 Å². The number of nitrogens with one attached hydrogen (secondary N) is 1. The van der Waals surface area contributed by atoms with E-state index in [1.165, 1.54) is 21.9 Å². The molecule has 0 spiro atoms. The third-order valence-corrected chi connectivity index (χ3v) is 7.82. The van der Waals surface area contributed by atoms with Gasteiger partial charge in [-0.1, -0.05) is 85.7 Å². The Morgan fingerprint density at radius 2 is 1.50 bits per heavy atom. The molecule has 0 aromatic heterocycles. The minimum Gasteiger partial charge on any atom is -0.507 e. The molecule has 5 rings (SSSR count). The van der Waals surface area contributed by atoms with Gasteiger partial charge in [-0.3, -0.25) is 4.79 Å². The Bertz CT molecular complexity index is 1390. The summed E-state index contributed by atoms with van der Waals surface area (Å²) in [6, 6.07) is 16.8. The predicted molar refractivity (Wildman–Crippen MR) is 151 cm³/mol. The summed E-state index contributed by atoms with van der Waals surface area (Å²) in [6.07, 6.45) is 1.41. The Hall–Kier alpha value is -3.07. The number of benzene rings is 3. The first kappa shape index (κ1) is 24.6. The van der Waals surface area contributed by atoms with Gasteiger partial charge in [0, 0.05) is 23.2 Å². The van der Waals surface area contributed by atoms with Crippen molar-refractivity contribution >= 4 is 27.8 Å². The Morgan fingerprint density at radius 3 is 2.11 bits per heavy atom. The fourth-order valence-corrected chi connectivity index (χ4v) is 6.05. The highest BCUT2D eigenvalue weighted by atomic mass is 16.3. The van der Waals surface area contributed by atoms with Crippen LogP contribution in [0.5, 0.6) is 5.75 Å². The SMILES string of the molecule is CC1(C)CC(=O)C2=C(C1)c1c(ccc3ccccc13)N[C@H]2c1cc(C(C)(C)C)c(O)c(C(C)(C)C)c1. The van der Waals surface area contributed by atoms with Gasteiger partial charge in [0.15, 0.2) is 5.78 Å². The molecule has 3 aromatic rings. The van der Waals surface area contributed by atoms with Crippen molar-refractivity contribution in [1.29, 1.82) is 0 Å². The van der Waals surface area contributed by atoms with Crippen molar-refractivity contribution < 1.29 is 9.90 Å². The van der Waals surface area contributed by atoms with Gasteiger partial charge in [-0.2, -0.15) is 0 Å². The number of phenols is 1. The Balaban J connectivity index is 1.81. The minimum absolute atomic E-state index is 0.0892. The van der Waals surface area contributed by atoms with Gasteiger partial charge in [0.1, 0.15) is 5.75 Å². The van der Waals surface area contributed by atoms with Crippen molar-refractivity contribution in [2.24, 2.45) is 5.41 Å². The zero-order valence-electron chi connectivity index (χ0n) is 23.0. The van der Waals surface area contributed by atoms with E-state index in [2.05, 4.69) is 109 Å². The predicted octanol–water partition coefficient (Wildman–Crippen LogP) is 8.45. The molecule has 188 valence electrons. The number of anilines is 1. The van der Waals surface area contributed by atoms with Crippen LogP contribution in [-0.4, -0.2) is 10.9 Å². The van der Waals surface area contributed by atoms with Gasteiger partial charge >= 0.3 is 0 Å². The van der Waals surface area contributed by atoms with Gasteiger partial charge in [-0.05, 0) is 73.9 Å². The number of carbonyl (C=O) groups excluding carboxylic acids is 1. The summed E-state index contributed by atoms with van der Waals surface area (Å²) < 4.78 is 0. The second kappa shape index (κ2) is 7.96. The van der Waals surface area contributed by atoms with Crippen molar-refractivity contribution in [2.75, 3.05) is 5.32 Å². The molecule has 0 radical (unpaired) electrons. The molecule has 1 heterocycles. The average molecular weight is 482 g/mol. The second-order valence-electron chi connectivity index (χ2n) is 13.6. The maximum atomic E-state index is 13.9. The number of Topliss-reactive ketones (excluding diaryl/α,β-unsaturated/α-hetero) is 1. The van der Waals surface area contributed by atoms with E-state index in [-0.39, 0.29) is 28.1 Å². The third-order valence-electron chi connectivity index (χ3n) is 7.82. The second-order valence-corrected chi connectivity index (χ2v) is 13.6. The lowest BCUT2D eigenvalue weighted by Gasteiger charge is -2.41. The molecule has 0 saturated carbocycles. The molecule has 0 fully saturated rings. The number of rotatable bonds is 1. The van der Waals surface area contributed by atoms with Crippen LogP contribution in [-0.2, 0) is 15.6 Å². The summed E-state index contributed by atoms with van der Waals surface area (Å²) in [5, 5.41) is 17.5. The molecule has 36 heavy (non-hydrogen) atoms. The first-order valence-corrected chi connectivity index (χ1v) is 13.1. The van der Waals surface area contributed by atoms with E-state index in [0.717, 1.165) is 34.4 Å². The molecule has 0 unspecified atom stereocenters. The van der Waals surface area contributed by atoms with E-state index in [9.17, 15) is 9.90 Å². The molecular formula is C33H39NO2. The lowest BCUT2D eigenvalue weighted by atomic mass is 9.67. The average Bonchev–Trinajstić information content (AvgIpc) is 2.75. The molecule has 3 aromatic carbocycles. The maximum absolute atomic E-state index is 13.9. The van der Waals surface area contributed by atoms with Crippen LogP contribution in [0.3, 0.4) is 0 Å². The first-order chi connectivity index (χ1) is 16.7. The van der Waals surface area contributed by atoms with Gasteiger partial charge in [0.2, 0.25) is 0 Å². The van der Waals surface area contributed by atoms with Crippen LogP contribution in [0.1, 0.15) is 96.5 Å². The van der Waals surface area contributed by atoms with E-state index in [4.69, 9.17) is 0 Å². The van der Waals surface area contributed by atoms with Crippen LogP contribution in [0.25, 0.3) is 16.3 Å². The summed E-state index contributed by atoms with van der Waals surface area (Å²) in [6.45, 7) is 17.2. The van der Waals surface area contributed by atoms with Crippen LogP contribution >= 0.6 is 0 Å². The molecule has 2 N–H and O–H groups in total. The number of aromatic hydroxyl groups is 1. The summed E-state index contributed by atoms with van der Waals surface area (Å²) >= 11 is 0. The summed E-state index contributed by atoms with van der Waals surface area (Å²) in [5.74, 6) is 0.589. The van der Waals surface area contributed by atoms with Crippen LogP contribution in [0.2, 0.25) is 0 Å². The number of allylic oxidation sites excluding steroid dienone is 1. The molecule has 3 nitrogen and oxygen atoms in total. The number of ketones is 1. The zero-order chi connectivity index (χ0) is 26.2. The quantitative estimate of drug-likeness (QED) is 0.366. The van der Waals surface area contributed by atoms with Crippen LogP contribution in [0, 0.1) is 5.41 Å². The molecule has 2 aliphatic rings. The monoisotopic (exact) mass is 481 g/mol. The van der Waals surface area contributed by atoms with E-state index in [0.29, 0.717) is 12.2 Å². The highest BCUT2D eigenvalue weighted by molar-refractivity contribution is 6.12. The van der Waals surface area contributed by atoms with E-state index >= 15 is 0 Å². The van der Waals surface area contributed by atoms with Crippen molar-refractivity contribution in [2.45, 2.75) is 85.1 Å². The largest absolute Gasteiger partial charge is 0.507 e. The van der Waals surface area contributed by atoms with E-state index < -0.39 is 0 Å². The molecule has 0 amide bonds. The molecular weight excluding hydrogens is 442 g/mol. The number of hydrogen-bond donors (Lipinski definition) is 2. The van der Waals surface area contributed by atoms with Gasteiger partial charge in [0.05, 0.1) is 6.04 Å². The first-order valence-electron chi connectivity index (χ1n) is 13.1. The van der Waals surface area contributed by atoms with Crippen molar-refractivity contribution in [1.82, 2.24) is 0 Å². The smallest absolute Gasteiger partial charge is 0.162 e. The lowest BCUT2D eigenvalue weighted by molar-refractivity contribution is -0.118. The number of phenolic OH excluding ortho intramolecular Hbond substituents is 1. The van der Waals surface area contributed by atoms with Crippen LogP contribution in [0.15, 0.2) is 54.1 Å². The Labute approximate surface area is 215 Å². The van der Waals surface area contributed by atoms with Crippen LogP contribution < -0.4 is 5.32 Å². The normalized spacial score (nSPS) is 19.7. The van der Waals surface area contributed by atoms with Crippen molar-refractivity contribution in [3.63, 3.8) is 0 Å². The van der Waals surface area contributed by atoms with Crippen LogP contribution in [0.4, 0.5) is 5.69 Å². The summed E-state index contributed by atoms with van der Waals surface area (Å²) in [5.41, 5.74) is 6.63. The topological polar surface area (TPSA) is 49.3 Å². The number of hydrogen-bond acceptors (Lipinski definition) is 3. The fraction of sp³-hybridized carbons (Fsp3) is 0.424. The number of fused-ring (bicyclic) bond motifs is 4. The standard InChI is InChI=1S/C33H39NO2/c1-31(2,3)23-15-20(16-24(30(23)36)32(4,5)6)29-28-22(17-33(7,8)18-26(28)35)27-21-12-10-9-11-19(21)13-14-25(27)34-29/h9-16,29,34,36H,17-18H2,1-8H3/t29-/m0/s1. The number of carbonyl (C=O) groups is 1. The molecule has 1 aliphatic heterocycles. The van der Waals surface area contributed by atoms with Gasteiger partial charge in [0.25, 0.3) is 0 Å². The molecule has 0 saturated heterocycles. The maximum Gasteiger partial charge on any atom is 0.162 e. The van der Waals surface area contributed by atoms with E-state index in [1.807, 2.05) is 0 Å². The van der Waals surface area contributed by atoms with Gasteiger partial charge in [-0.15, -0.1) is 0 Å². The fourth-order valence-electron chi connectivity index (χ4n) is 6.05. The van der Waals surface area contributed by atoms with Gasteiger partial charge < -0.3 is 10.4 Å². The lowest BCUT2D eigenvalue weighted by Crippen LogP contribution is -2.33. The molecule has 1 aliphatic carbocycles. The summed E-state index contributed by atoms with van der Waals surface area (Å²) in [4.78, 5) is 13.9. The Kier molecular flexibility index (Phi) is 5.45. The highest BCUT2D eigenvalue weighted by Crippen LogP contribution is 2.53. The van der Waals surface area contributed by atoms with Crippen molar-refractivity contribution in [3.8, 4) is 5.75 Å². The van der Waals surface area contributed by atoms with Gasteiger partial charge in [-0.25, -0.2) is 0 Å². The minimum atomic E-state index is -0.250. The molecule has 3 heteroatoms. The molecule has 1 atom stereocenters. The zero-order valence-corrected chi connectivity index (χ0v) is 23.0. The Morgan fingerprint density at radius 1 is 0.889 bits per heavy atom. The van der Waals surface area contributed by atoms with E-state index in [1.54, 1.807) is 0 Å². The third kappa shape index (κ3) is 4.03.